The molecule has 3 aromatic heterocycles. The molecule has 4 nitrogen and oxygen atoms in total. The molecule has 0 fully saturated rings. The van der Waals surface area contributed by atoms with Crippen LogP contribution in [0, 0.1) is 0 Å². The number of rotatable bonds is 7. The molecule has 0 unspecified atom stereocenters. The van der Waals surface area contributed by atoms with Crippen LogP contribution in [-0.2, 0) is 0 Å². The summed E-state index contributed by atoms with van der Waals surface area (Å²) in [5.74, 6) is 1.88. The lowest BCUT2D eigenvalue weighted by molar-refractivity contribution is 1.07. The minimum absolute atomic E-state index is 0.616. The summed E-state index contributed by atoms with van der Waals surface area (Å²) >= 11 is 1.86. The van der Waals surface area contributed by atoms with Gasteiger partial charge in [0.05, 0.1) is 11.0 Å². The minimum atomic E-state index is 0.616. The third-order valence-electron chi connectivity index (χ3n) is 11.8. The van der Waals surface area contributed by atoms with Crippen LogP contribution in [0.1, 0.15) is 0 Å². The molecule has 62 heavy (non-hydrogen) atoms. The highest BCUT2D eigenvalue weighted by atomic mass is 32.1. The third kappa shape index (κ3) is 6.26. The van der Waals surface area contributed by atoms with Crippen molar-refractivity contribution in [3.63, 3.8) is 0 Å². The van der Waals surface area contributed by atoms with Gasteiger partial charge in [-0.1, -0.05) is 158 Å². The van der Waals surface area contributed by atoms with Crippen LogP contribution in [0.5, 0.6) is 0 Å². The van der Waals surface area contributed by atoms with Gasteiger partial charge < -0.3 is 4.57 Å². The van der Waals surface area contributed by atoms with Gasteiger partial charge in [-0.3, -0.25) is 0 Å². The van der Waals surface area contributed by atoms with E-state index < -0.39 is 0 Å². The summed E-state index contributed by atoms with van der Waals surface area (Å²) in [6.45, 7) is 0. The normalized spacial score (nSPS) is 11.5. The Morgan fingerprint density at radius 2 is 0.726 bits per heavy atom. The van der Waals surface area contributed by atoms with Gasteiger partial charge in [0, 0.05) is 53.3 Å². The van der Waals surface area contributed by atoms with Gasteiger partial charge in [0.15, 0.2) is 17.5 Å². The van der Waals surface area contributed by atoms with Crippen LogP contribution < -0.4 is 0 Å². The highest BCUT2D eigenvalue weighted by molar-refractivity contribution is 7.26. The fraction of sp³-hybridized carbons (Fsp3) is 0. The predicted molar refractivity (Wildman–Crippen MR) is 260 cm³/mol. The lowest BCUT2D eigenvalue weighted by Crippen LogP contribution is -2.00. The van der Waals surface area contributed by atoms with Crippen molar-refractivity contribution in [2.75, 3.05) is 0 Å². The molecule has 0 aliphatic rings. The van der Waals surface area contributed by atoms with Crippen LogP contribution in [0.3, 0.4) is 0 Å². The number of nitrogens with zero attached hydrogens (tertiary/aromatic N) is 4. The maximum absolute atomic E-state index is 5.18. The number of aromatic nitrogens is 4. The Balaban J connectivity index is 1.12. The van der Waals surface area contributed by atoms with E-state index in [1.807, 2.05) is 47.7 Å². The van der Waals surface area contributed by atoms with Gasteiger partial charge >= 0.3 is 0 Å². The zero-order valence-electron chi connectivity index (χ0n) is 33.5. The molecular formula is C57H36N4S. The molecule has 12 aromatic rings. The first kappa shape index (κ1) is 35.9. The molecule has 0 atom stereocenters. The van der Waals surface area contributed by atoms with E-state index in [2.05, 4.69) is 187 Å². The number of thiophene rings is 1. The lowest BCUT2D eigenvalue weighted by atomic mass is 9.93. The second kappa shape index (κ2) is 14.9. The van der Waals surface area contributed by atoms with Crippen molar-refractivity contribution in [2.45, 2.75) is 0 Å². The summed E-state index contributed by atoms with van der Waals surface area (Å²) in [4.78, 5) is 15.4. The quantitative estimate of drug-likeness (QED) is 0.161. The van der Waals surface area contributed by atoms with Gasteiger partial charge in [0.25, 0.3) is 0 Å². The summed E-state index contributed by atoms with van der Waals surface area (Å²) < 4.78 is 5.06. The number of hydrogen-bond acceptors (Lipinski definition) is 4. The summed E-state index contributed by atoms with van der Waals surface area (Å²) in [5.41, 5.74) is 12.9. The Morgan fingerprint density at radius 3 is 1.32 bits per heavy atom. The topological polar surface area (TPSA) is 43.6 Å². The summed E-state index contributed by atoms with van der Waals surface area (Å²) in [6, 6.07) is 77.6. The van der Waals surface area contributed by atoms with Gasteiger partial charge in [-0.05, 0) is 94.0 Å². The highest BCUT2D eigenvalue weighted by Crippen LogP contribution is 2.44. The van der Waals surface area contributed by atoms with Crippen LogP contribution in [0.4, 0.5) is 0 Å². The third-order valence-corrected chi connectivity index (χ3v) is 12.9. The van der Waals surface area contributed by atoms with Gasteiger partial charge in [0.1, 0.15) is 0 Å². The number of para-hydroxylation sites is 1. The fourth-order valence-corrected chi connectivity index (χ4v) is 10.0. The second-order valence-electron chi connectivity index (χ2n) is 15.6. The first-order chi connectivity index (χ1) is 30.7. The van der Waals surface area contributed by atoms with Crippen LogP contribution in [0.2, 0.25) is 0 Å². The largest absolute Gasteiger partial charge is 0.309 e. The fourth-order valence-electron chi connectivity index (χ4n) is 8.92. The molecule has 0 aliphatic heterocycles. The maximum Gasteiger partial charge on any atom is 0.164 e. The molecule has 0 amide bonds. The first-order valence-electron chi connectivity index (χ1n) is 20.8. The summed E-state index contributed by atoms with van der Waals surface area (Å²) in [7, 11) is 0. The van der Waals surface area contributed by atoms with Crippen molar-refractivity contribution in [2.24, 2.45) is 0 Å². The predicted octanol–water partition coefficient (Wildman–Crippen LogP) is 15.3. The molecule has 9 aromatic carbocycles. The highest BCUT2D eigenvalue weighted by Gasteiger charge is 2.20. The van der Waals surface area contributed by atoms with E-state index in [9.17, 15) is 0 Å². The van der Waals surface area contributed by atoms with Gasteiger partial charge in [-0.25, -0.2) is 15.0 Å². The Morgan fingerprint density at radius 1 is 0.290 bits per heavy atom. The van der Waals surface area contributed by atoms with E-state index in [0.717, 1.165) is 55.8 Å². The molecule has 0 N–H and O–H groups in total. The van der Waals surface area contributed by atoms with Crippen molar-refractivity contribution in [1.82, 2.24) is 19.5 Å². The molecule has 0 saturated heterocycles. The van der Waals surface area contributed by atoms with Gasteiger partial charge in [-0.15, -0.1) is 11.3 Å². The summed E-state index contributed by atoms with van der Waals surface area (Å²) in [5, 5.41) is 5.15. The van der Waals surface area contributed by atoms with Crippen molar-refractivity contribution in [3.8, 4) is 73.2 Å². The zero-order valence-corrected chi connectivity index (χ0v) is 34.3. The van der Waals surface area contributed by atoms with Crippen molar-refractivity contribution in [1.29, 1.82) is 0 Å². The lowest BCUT2D eigenvalue weighted by Gasteiger charge is -2.16. The molecule has 0 radical (unpaired) electrons. The standard InChI is InChI=1S/C57H36N4S/c1-5-17-37(18-6-1)41-31-42(34-45(33-41)57-59-55(39-21-9-3-10-22-39)58-56(60-57)40-23-11-4-12-24-40)44-32-43(38-19-7-2-8-20-38)35-46(36-44)61-49-27-15-13-25-47(49)53-50(61)29-30-52-54(53)48-26-14-16-28-51(48)62-52/h1-36H. The molecule has 0 aliphatic carbocycles. The molecule has 0 spiro atoms. The molecular weight excluding hydrogens is 773 g/mol. The molecule has 5 heteroatoms. The van der Waals surface area contributed by atoms with Crippen LogP contribution in [-0.4, -0.2) is 19.5 Å². The molecule has 12 rings (SSSR count). The van der Waals surface area contributed by atoms with Crippen LogP contribution in [0.25, 0.3) is 115 Å². The van der Waals surface area contributed by atoms with Crippen molar-refractivity contribution in [3.05, 3.63) is 218 Å². The van der Waals surface area contributed by atoms with E-state index in [1.165, 1.54) is 42.0 Å². The maximum atomic E-state index is 5.18. The van der Waals surface area contributed by atoms with Crippen LogP contribution in [0.15, 0.2) is 218 Å². The monoisotopic (exact) mass is 808 g/mol. The first-order valence-corrected chi connectivity index (χ1v) is 21.7. The van der Waals surface area contributed by atoms with Crippen molar-refractivity contribution >= 4 is 53.3 Å². The second-order valence-corrected chi connectivity index (χ2v) is 16.7. The number of fused-ring (bicyclic) bond motifs is 7. The molecule has 290 valence electrons. The Bertz CT molecular complexity index is 3560. The van der Waals surface area contributed by atoms with Crippen molar-refractivity contribution < 1.29 is 0 Å². The zero-order chi connectivity index (χ0) is 41.0. The molecule has 0 bridgehead atoms. The van der Waals surface area contributed by atoms with E-state index in [4.69, 9.17) is 15.0 Å². The van der Waals surface area contributed by atoms with Gasteiger partial charge in [0.2, 0.25) is 0 Å². The minimum Gasteiger partial charge on any atom is -0.309 e. The van der Waals surface area contributed by atoms with Crippen LogP contribution >= 0.6 is 11.3 Å². The number of benzene rings is 9. The number of hydrogen-bond donors (Lipinski definition) is 0. The van der Waals surface area contributed by atoms with Gasteiger partial charge in [-0.2, -0.15) is 0 Å². The average molecular weight is 809 g/mol. The average Bonchev–Trinajstić information content (AvgIpc) is 3.90. The smallest absolute Gasteiger partial charge is 0.164 e. The van der Waals surface area contributed by atoms with E-state index in [0.29, 0.717) is 17.5 Å². The SMILES string of the molecule is c1ccc(-c2cc(-c3cc(-c4ccccc4)cc(-n4c5ccccc5c5c6c(ccc54)sc4ccccc46)c3)cc(-c3nc(-c4ccccc4)nc(-c4ccccc4)n3)c2)cc1. The Kier molecular flexibility index (Phi) is 8.65. The Hall–Kier alpha value is -7.99. The van der Waals surface area contributed by atoms with E-state index in [-0.39, 0.29) is 0 Å². The Labute approximate surface area is 362 Å². The summed E-state index contributed by atoms with van der Waals surface area (Å²) in [6.07, 6.45) is 0. The molecule has 3 heterocycles. The van der Waals surface area contributed by atoms with E-state index in [1.54, 1.807) is 0 Å². The molecule has 0 saturated carbocycles. The van der Waals surface area contributed by atoms with E-state index >= 15 is 0 Å².